The first-order valence-corrected chi connectivity index (χ1v) is 8.54. The van der Waals surface area contributed by atoms with Crippen LogP contribution in [-0.4, -0.2) is 60.6 Å². The largest absolute Gasteiger partial charge is 0.314 e. The highest BCUT2D eigenvalue weighted by atomic mass is 15.3. The molecule has 1 saturated carbocycles. The van der Waals surface area contributed by atoms with E-state index in [-0.39, 0.29) is 0 Å². The van der Waals surface area contributed by atoms with Crippen molar-refractivity contribution in [2.75, 3.05) is 32.7 Å². The van der Waals surface area contributed by atoms with Crippen LogP contribution in [0.15, 0.2) is 0 Å². The van der Waals surface area contributed by atoms with E-state index in [2.05, 4.69) is 22.0 Å². The lowest BCUT2D eigenvalue weighted by atomic mass is 9.98. The van der Waals surface area contributed by atoms with Crippen LogP contribution >= 0.6 is 0 Å². The van der Waals surface area contributed by atoms with Gasteiger partial charge in [-0.1, -0.05) is 6.42 Å². The second-order valence-electron chi connectivity index (χ2n) is 6.90. The molecule has 0 amide bonds. The fraction of sp³-hybridized carbons (Fsp3) is 1.00. The smallest absolute Gasteiger partial charge is 0.0223 e. The summed E-state index contributed by atoms with van der Waals surface area (Å²) in [7, 11) is 0. The molecule has 0 spiro atoms. The van der Waals surface area contributed by atoms with Gasteiger partial charge in [0.15, 0.2) is 0 Å². The Balaban J connectivity index is 1.35. The summed E-state index contributed by atoms with van der Waals surface area (Å²) in [5.41, 5.74) is 0. The molecule has 1 aliphatic carbocycles. The van der Waals surface area contributed by atoms with Gasteiger partial charge in [-0.15, -0.1) is 0 Å². The lowest BCUT2D eigenvalue weighted by Crippen LogP contribution is -2.56. The first-order chi connectivity index (χ1) is 9.33. The highest BCUT2D eigenvalue weighted by Crippen LogP contribution is 2.23. The van der Waals surface area contributed by atoms with Gasteiger partial charge < -0.3 is 5.32 Å². The van der Waals surface area contributed by atoms with Gasteiger partial charge >= 0.3 is 0 Å². The van der Waals surface area contributed by atoms with E-state index in [4.69, 9.17) is 0 Å². The van der Waals surface area contributed by atoms with Crippen molar-refractivity contribution in [1.29, 1.82) is 0 Å². The minimum Gasteiger partial charge on any atom is -0.314 e. The van der Waals surface area contributed by atoms with Crippen LogP contribution in [0.2, 0.25) is 0 Å². The molecule has 3 aliphatic rings. The van der Waals surface area contributed by atoms with Gasteiger partial charge in [0.05, 0.1) is 0 Å². The molecule has 2 saturated heterocycles. The van der Waals surface area contributed by atoms with Crippen LogP contribution in [0, 0.1) is 0 Å². The average molecular weight is 265 g/mol. The summed E-state index contributed by atoms with van der Waals surface area (Å²) < 4.78 is 0. The zero-order valence-electron chi connectivity index (χ0n) is 12.6. The summed E-state index contributed by atoms with van der Waals surface area (Å²) in [5.74, 6) is 0. The summed E-state index contributed by atoms with van der Waals surface area (Å²) in [6, 6.07) is 2.53. The first-order valence-electron chi connectivity index (χ1n) is 8.54. The fourth-order valence-electron chi connectivity index (χ4n) is 3.75. The third-order valence-corrected chi connectivity index (χ3v) is 5.30. The molecule has 3 heteroatoms. The molecule has 2 unspecified atom stereocenters. The molecule has 2 heterocycles. The Bertz CT molecular complexity index is 277. The molecule has 0 radical (unpaired) electrons. The number of fused-ring (bicyclic) bond motifs is 1. The molecule has 3 fully saturated rings. The Morgan fingerprint density at radius 2 is 2.00 bits per heavy atom. The maximum atomic E-state index is 3.63. The summed E-state index contributed by atoms with van der Waals surface area (Å²) in [6.07, 6.45) is 9.87. The summed E-state index contributed by atoms with van der Waals surface area (Å²) in [4.78, 5) is 5.49. The Labute approximate surface area is 118 Å². The zero-order valence-corrected chi connectivity index (χ0v) is 12.6. The maximum absolute atomic E-state index is 3.63. The normalized spacial score (nSPS) is 31.1. The topological polar surface area (TPSA) is 18.5 Å². The van der Waals surface area contributed by atoms with Crippen molar-refractivity contribution in [3.63, 3.8) is 0 Å². The second kappa shape index (κ2) is 6.55. The molecule has 3 rings (SSSR count). The van der Waals surface area contributed by atoms with Crippen LogP contribution in [0.5, 0.6) is 0 Å². The van der Waals surface area contributed by atoms with Crippen molar-refractivity contribution in [3.8, 4) is 0 Å². The van der Waals surface area contributed by atoms with E-state index in [1.54, 1.807) is 0 Å². The molecule has 3 nitrogen and oxygen atoms in total. The van der Waals surface area contributed by atoms with Gasteiger partial charge in [-0.2, -0.15) is 0 Å². The van der Waals surface area contributed by atoms with Crippen molar-refractivity contribution in [2.45, 2.75) is 70.0 Å². The number of hydrogen-bond donors (Lipinski definition) is 1. The molecule has 110 valence electrons. The van der Waals surface area contributed by atoms with Crippen LogP contribution in [0.3, 0.4) is 0 Å². The predicted molar refractivity (Wildman–Crippen MR) is 80.5 cm³/mol. The van der Waals surface area contributed by atoms with Crippen molar-refractivity contribution >= 4 is 0 Å². The predicted octanol–water partition coefficient (Wildman–Crippen LogP) is 2.08. The van der Waals surface area contributed by atoms with E-state index in [0.717, 1.165) is 18.1 Å². The minimum absolute atomic E-state index is 0.782. The van der Waals surface area contributed by atoms with Gasteiger partial charge in [-0.25, -0.2) is 0 Å². The van der Waals surface area contributed by atoms with Gasteiger partial charge in [-0.05, 0) is 58.5 Å². The van der Waals surface area contributed by atoms with Crippen molar-refractivity contribution < 1.29 is 0 Å². The number of nitrogens with zero attached hydrogens (tertiary/aromatic N) is 2. The number of hydrogen-bond acceptors (Lipinski definition) is 3. The minimum atomic E-state index is 0.782. The highest BCUT2D eigenvalue weighted by molar-refractivity contribution is 4.87. The van der Waals surface area contributed by atoms with Gasteiger partial charge in [0.25, 0.3) is 0 Å². The van der Waals surface area contributed by atoms with E-state index in [1.807, 2.05) is 0 Å². The van der Waals surface area contributed by atoms with Crippen molar-refractivity contribution in [2.24, 2.45) is 0 Å². The Kier molecular flexibility index (Phi) is 4.78. The first kappa shape index (κ1) is 13.8. The molecule has 19 heavy (non-hydrogen) atoms. The lowest BCUT2D eigenvalue weighted by molar-refractivity contribution is 0.0290. The standard InChI is InChI=1S/C16H31N3/c1-14(5-4-9-17-15-7-8-15)19-12-11-18-10-3-2-6-16(18)13-19/h14-17H,2-13H2,1H3. The molecule has 0 aromatic rings. The number of rotatable bonds is 6. The summed E-state index contributed by atoms with van der Waals surface area (Å²) >= 11 is 0. The van der Waals surface area contributed by atoms with Crippen molar-refractivity contribution in [1.82, 2.24) is 15.1 Å². The molecular weight excluding hydrogens is 234 g/mol. The molecule has 0 bridgehead atoms. The van der Waals surface area contributed by atoms with Gasteiger partial charge in [0.2, 0.25) is 0 Å². The molecule has 2 aliphatic heterocycles. The molecule has 2 atom stereocenters. The van der Waals surface area contributed by atoms with E-state index >= 15 is 0 Å². The lowest BCUT2D eigenvalue weighted by Gasteiger charge is -2.46. The number of nitrogens with one attached hydrogen (secondary N) is 1. The van der Waals surface area contributed by atoms with E-state index in [0.29, 0.717) is 0 Å². The summed E-state index contributed by atoms with van der Waals surface area (Å²) in [6.45, 7) is 8.98. The van der Waals surface area contributed by atoms with Gasteiger partial charge in [-0.3, -0.25) is 9.80 Å². The maximum Gasteiger partial charge on any atom is 0.0223 e. The van der Waals surface area contributed by atoms with Gasteiger partial charge in [0, 0.05) is 37.8 Å². The fourth-order valence-corrected chi connectivity index (χ4v) is 3.75. The van der Waals surface area contributed by atoms with Crippen molar-refractivity contribution in [3.05, 3.63) is 0 Å². The molecule has 1 N–H and O–H groups in total. The average Bonchev–Trinajstić information content (AvgIpc) is 3.27. The van der Waals surface area contributed by atoms with Crippen LogP contribution in [0.4, 0.5) is 0 Å². The van der Waals surface area contributed by atoms with E-state index < -0.39 is 0 Å². The van der Waals surface area contributed by atoms with E-state index in [9.17, 15) is 0 Å². The van der Waals surface area contributed by atoms with Crippen LogP contribution < -0.4 is 5.32 Å². The number of piperazine rings is 1. The number of piperidine rings is 1. The van der Waals surface area contributed by atoms with Crippen LogP contribution in [0.25, 0.3) is 0 Å². The molecular formula is C16H31N3. The van der Waals surface area contributed by atoms with E-state index in [1.165, 1.54) is 77.7 Å². The Hall–Kier alpha value is -0.120. The Morgan fingerprint density at radius 3 is 2.84 bits per heavy atom. The summed E-state index contributed by atoms with van der Waals surface area (Å²) in [5, 5.41) is 3.63. The Morgan fingerprint density at radius 1 is 1.11 bits per heavy atom. The SMILES string of the molecule is CC(CCCNC1CC1)N1CCN2CCCCC2C1. The van der Waals surface area contributed by atoms with Crippen LogP contribution in [-0.2, 0) is 0 Å². The highest BCUT2D eigenvalue weighted by Gasteiger charge is 2.30. The molecule has 0 aromatic carbocycles. The molecule has 0 aromatic heterocycles. The third kappa shape index (κ3) is 3.93. The zero-order chi connectivity index (χ0) is 13.1. The van der Waals surface area contributed by atoms with Gasteiger partial charge in [0.1, 0.15) is 0 Å². The monoisotopic (exact) mass is 265 g/mol. The van der Waals surface area contributed by atoms with Crippen LogP contribution in [0.1, 0.15) is 51.9 Å². The quantitative estimate of drug-likeness (QED) is 0.742. The third-order valence-electron chi connectivity index (χ3n) is 5.30. The second-order valence-corrected chi connectivity index (χ2v) is 6.90.